The van der Waals surface area contributed by atoms with E-state index in [-0.39, 0.29) is 10.6 Å². The van der Waals surface area contributed by atoms with Gasteiger partial charge >= 0.3 is 0 Å². The molecule has 0 aliphatic rings. The Labute approximate surface area is 127 Å². The molecule has 2 rings (SSSR count). The second-order valence-electron chi connectivity index (χ2n) is 4.31. The SMILES string of the molecule is COc1ccc(Cl)c(Nc2cc(N)cc(S(N)(=O)=O)c2)c1. The smallest absolute Gasteiger partial charge is 0.238 e. The molecule has 0 amide bonds. The zero-order valence-electron chi connectivity index (χ0n) is 11.1. The number of sulfonamides is 1. The molecule has 2 aromatic rings. The molecule has 0 unspecified atom stereocenters. The lowest BCUT2D eigenvalue weighted by Crippen LogP contribution is -2.12. The highest BCUT2D eigenvalue weighted by atomic mass is 35.5. The standard InChI is InChI=1S/C13H14ClN3O3S/c1-20-10-2-3-12(14)13(7-10)17-9-4-8(15)5-11(6-9)21(16,18)19/h2-7,17H,15H2,1H3,(H2,16,18,19). The normalized spacial score (nSPS) is 11.2. The molecule has 0 saturated carbocycles. The first-order valence-corrected chi connectivity index (χ1v) is 7.76. The summed E-state index contributed by atoms with van der Waals surface area (Å²) in [4.78, 5) is -0.0796. The van der Waals surface area contributed by atoms with E-state index in [4.69, 9.17) is 27.2 Å². The highest BCUT2D eigenvalue weighted by Gasteiger charge is 2.11. The first kappa shape index (κ1) is 15.4. The van der Waals surface area contributed by atoms with E-state index in [0.29, 0.717) is 22.1 Å². The van der Waals surface area contributed by atoms with Gasteiger partial charge in [0, 0.05) is 17.4 Å². The number of ether oxygens (including phenoxy) is 1. The van der Waals surface area contributed by atoms with Gasteiger partial charge < -0.3 is 15.8 Å². The fraction of sp³-hybridized carbons (Fsp3) is 0.0769. The molecule has 0 atom stereocenters. The summed E-state index contributed by atoms with van der Waals surface area (Å²) in [7, 11) is -2.31. The number of nitrogens with two attached hydrogens (primary N) is 2. The number of anilines is 3. The minimum Gasteiger partial charge on any atom is -0.497 e. The Morgan fingerprint density at radius 3 is 2.52 bits per heavy atom. The highest BCUT2D eigenvalue weighted by Crippen LogP contribution is 2.31. The Morgan fingerprint density at radius 1 is 1.19 bits per heavy atom. The van der Waals surface area contributed by atoms with Crippen LogP contribution in [0.25, 0.3) is 0 Å². The fourth-order valence-corrected chi connectivity index (χ4v) is 2.50. The quantitative estimate of drug-likeness (QED) is 0.747. The number of nitrogens with one attached hydrogen (secondary N) is 1. The second kappa shape index (κ2) is 5.80. The lowest BCUT2D eigenvalue weighted by atomic mass is 10.2. The number of hydrogen-bond donors (Lipinski definition) is 3. The third-order valence-electron chi connectivity index (χ3n) is 2.71. The Morgan fingerprint density at radius 2 is 1.90 bits per heavy atom. The molecule has 0 saturated heterocycles. The van der Waals surface area contributed by atoms with Crippen molar-refractivity contribution in [2.24, 2.45) is 5.14 Å². The van der Waals surface area contributed by atoms with E-state index < -0.39 is 10.0 Å². The molecule has 8 heteroatoms. The van der Waals surface area contributed by atoms with Gasteiger partial charge in [0.2, 0.25) is 10.0 Å². The summed E-state index contributed by atoms with van der Waals surface area (Å²) in [5, 5.41) is 8.55. The van der Waals surface area contributed by atoms with Crippen molar-refractivity contribution in [2.45, 2.75) is 4.90 Å². The van der Waals surface area contributed by atoms with E-state index in [1.54, 1.807) is 24.3 Å². The van der Waals surface area contributed by atoms with Crippen LogP contribution < -0.4 is 20.9 Å². The van der Waals surface area contributed by atoms with Gasteiger partial charge in [-0.05, 0) is 30.3 Å². The third kappa shape index (κ3) is 3.78. The minimum absolute atomic E-state index is 0.0796. The predicted molar refractivity (Wildman–Crippen MR) is 83.5 cm³/mol. The van der Waals surface area contributed by atoms with Crippen molar-refractivity contribution in [1.82, 2.24) is 0 Å². The van der Waals surface area contributed by atoms with Gasteiger partial charge in [-0.2, -0.15) is 0 Å². The van der Waals surface area contributed by atoms with Crippen LogP contribution in [0.15, 0.2) is 41.3 Å². The summed E-state index contributed by atoms with van der Waals surface area (Å²) in [5.74, 6) is 0.609. The lowest BCUT2D eigenvalue weighted by molar-refractivity contribution is 0.415. The molecule has 0 bridgehead atoms. The van der Waals surface area contributed by atoms with Crippen molar-refractivity contribution in [2.75, 3.05) is 18.2 Å². The van der Waals surface area contributed by atoms with Crippen LogP contribution in [0.3, 0.4) is 0 Å². The topological polar surface area (TPSA) is 107 Å². The Hall–Kier alpha value is -1.96. The van der Waals surface area contributed by atoms with E-state index in [2.05, 4.69) is 5.32 Å². The molecule has 6 nitrogen and oxygen atoms in total. The van der Waals surface area contributed by atoms with Crippen molar-refractivity contribution < 1.29 is 13.2 Å². The molecule has 0 aliphatic heterocycles. The van der Waals surface area contributed by atoms with Gasteiger partial charge in [0.05, 0.1) is 22.7 Å². The number of benzene rings is 2. The van der Waals surface area contributed by atoms with Crippen molar-refractivity contribution in [3.05, 3.63) is 41.4 Å². The van der Waals surface area contributed by atoms with Gasteiger partial charge in [0.25, 0.3) is 0 Å². The van der Waals surface area contributed by atoms with Gasteiger partial charge in [-0.15, -0.1) is 0 Å². The Bertz CT molecular complexity index is 778. The van der Waals surface area contributed by atoms with E-state index >= 15 is 0 Å². The van der Waals surface area contributed by atoms with Crippen LogP contribution in [0.5, 0.6) is 5.75 Å². The van der Waals surface area contributed by atoms with E-state index in [9.17, 15) is 8.42 Å². The molecule has 0 aromatic heterocycles. The largest absolute Gasteiger partial charge is 0.497 e. The first-order chi connectivity index (χ1) is 9.79. The maximum atomic E-state index is 11.4. The summed E-state index contributed by atoms with van der Waals surface area (Å²) >= 11 is 6.08. The second-order valence-corrected chi connectivity index (χ2v) is 6.28. The molecular weight excluding hydrogens is 314 g/mol. The van der Waals surface area contributed by atoms with Crippen LogP contribution in [0.1, 0.15) is 0 Å². The zero-order valence-corrected chi connectivity index (χ0v) is 12.7. The molecule has 0 radical (unpaired) electrons. The third-order valence-corrected chi connectivity index (χ3v) is 3.93. The predicted octanol–water partition coefficient (Wildman–Crippen LogP) is 2.32. The summed E-state index contributed by atoms with van der Waals surface area (Å²) < 4.78 is 27.9. The van der Waals surface area contributed by atoms with Gasteiger partial charge in [-0.25, -0.2) is 13.6 Å². The zero-order chi connectivity index (χ0) is 15.6. The van der Waals surface area contributed by atoms with Crippen LogP contribution in [-0.4, -0.2) is 15.5 Å². The van der Waals surface area contributed by atoms with E-state index in [1.165, 1.54) is 19.2 Å². The maximum Gasteiger partial charge on any atom is 0.238 e. The van der Waals surface area contributed by atoms with Crippen molar-refractivity contribution in [3.8, 4) is 5.75 Å². The van der Waals surface area contributed by atoms with Crippen LogP contribution in [-0.2, 0) is 10.0 Å². The molecule has 0 fully saturated rings. The van der Waals surface area contributed by atoms with Gasteiger partial charge in [-0.3, -0.25) is 0 Å². The summed E-state index contributed by atoms with van der Waals surface area (Å²) in [5.41, 5.74) is 6.96. The number of methoxy groups -OCH3 is 1. The Kier molecular flexibility index (Phi) is 4.26. The monoisotopic (exact) mass is 327 g/mol. The van der Waals surface area contributed by atoms with Crippen LogP contribution >= 0.6 is 11.6 Å². The van der Waals surface area contributed by atoms with Crippen molar-refractivity contribution in [1.29, 1.82) is 0 Å². The van der Waals surface area contributed by atoms with Crippen molar-refractivity contribution >= 4 is 38.7 Å². The van der Waals surface area contributed by atoms with Gasteiger partial charge in [0.1, 0.15) is 5.75 Å². The Balaban J connectivity index is 2.42. The maximum absolute atomic E-state index is 11.4. The number of hydrogen-bond acceptors (Lipinski definition) is 5. The van der Waals surface area contributed by atoms with Gasteiger partial charge in [-0.1, -0.05) is 11.6 Å². The number of nitrogen functional groups attached to an aromatic ring is 1. The molecule has 21 heavy (non-hydrogen) atoms. The first-order valence-electron chi connectivity index (χ1n) is 5.83. The van der Waals surface area contributed by atoms with E-state index in [1.807, 2.05) is 0 Å². The lowest BCUT2D eigenvalue weighted by Gasteiger charge is -2.12. The molecule has 0 aliphatic carbocycles. The molecule has 0 spiro atoms. The summed E-state index contributed by atoms with van der Waals surface area (Å²) in [6.07, 6.45) is 0. The highest BCUT2D eigenvalue weighted by molar-refractivity contribution is 7.89. The number of halogens is 1. The molecular formula is C13H14ClN3O3S. The van der Waals surface area contributed by atoms with Crippen molar-refractivity contribution in [3.63, 3.8) is 0 Å². The van der Waals surface area contributed by atoms with Crippen LogP contribution in [0, 0.1) is 0 Å². The minimum atomic E-state index is -3.84. The summed E-state index contributed by atoms with van der Waals surface area (Å²) in [6.45, 7) is 0. The van der Waals surface area contributed by atoms with Crippen LogP contribution in [0.2, 0.25) is 5.02 Å². The number of primary sulfonamides is 1. The average Bonchev–Trinajstić information content (AvgIpc) is 2.39. The summed E-state index contributed by atoms with van der Waals surface area (Å²) in [6, 6.07) is 9.29. The van der Waals surface area contributed by atoms with Gasteiger partial charge in [0.15, 0.2) is 0 Å². The van der Waals surface area contributed by atoms with Crippen LogP contribution in [0.4, 0.5) is 17.1 Å². The molecule has 2 aromatic carbocycles. The average molecular weight is 328 g/mol. The molecule has 112 valence electrons. The number of rotatable bonds is 4. The molecule has 5 N–H and O–H groups in total. The van der Waals surface area contributed by atoms with E-state index in [0.717, 1.165) is 0 Å². The molecule has 0 heterocycles. The fourth-order valence-electron chi connectivity index (χ4n) is 1.74.